The zero-order chi connectivity index (χ0) is 26.9. The smallest absolute Gasteiger partial charge is 0.233 e. The summed E-state index contributed by atoms with van der Waals surface area (Å²) in [6.45, 7) is 2.02. The summed E-state index contributed by atoms with van der Waals surface area (Å²) in [5, 5.41) is 16.2. The van der Waals surface area contributed by atoms with Crippen LogP contribution < -0.4 is 14.9 Å². The minimum absolute atomic E-state index is 0.157. The fourth-order valence-corrected chi connectivity index (χ4v) is 5.55. The van der Waals surface area contributed by atoms with Gasteiger partial charge in [-0.3, -0.25) is 14.2 Å². The number of nitrogens with one attached hydrogen (secondary N) is 2. The Hall–Kier alpha value is -3.06. The van der Waals surface area contributed by atoms with Gasteiger partial charge in [0, 0.05) is 43.8 Å². The van der Waals surface area contributed by atoms with E-state index in [0.29, 0.717) is 29.0 Å². The van der Waals surface area contributed by atoms with Gasteiger partial charge in [-0.25, -0.2) is 18.4 Å². The summed E-state index contributed by atoms with van der Waals surface area (Å²) in [4.78, 5) is 19.8. The van der Waals surface area contributed by atoms with Crippen LogP contribution in [0.1, 0.15) is 29.7 Å². The van der Waals surface area contributed by atoms with E-state index in [1.54, 1.807) is 0 Å². The van der Waals surface area contributed by atoms with Crippen LogP contribution >= 0.6 is 11.6 Å². The van der Waals surface area contributed by atoms with Crippen molar-refractivity contribution in [1.82, 2.24) is 24.8 Å². The molecule has 1 saturated carbocycles. The molecule has 0 bridgehead atoms. The van der Waals surface area contributed by atoms with E-state index in [2.05, 4.69) is 47.6 Å². The summed E-state index contributed by atoms with van der Waals surface area (Å²) in [6, 6.07) is 6.34. The monoisotopic (exact) mass is 558 g/mol. The number of aromatic nitrogens is 4. The van der Waals surface area contributed by atoms with Gasteiger partial charge in [-0.05, 0) is 48.9 Å². The van der Waals surface area contributed by atoms with Gasteiger partial charge in [0.15, 0.2) is 11.6 Å². The molecular formula is C25H31ClN8O3S. The zero-order valence-corrected chi connectivity index (χ0v) is 22.9. The number of fused-ring (bicyclic) bond motifs is 1. The Labute approximate surface area is 227 Å². The molecule has 3 N–H and O–H groups in total. The zero-order valence-electron chi connectivity index (χ0n) is 21.4. The summed E-state index contributed by atoms with van der Waals surface area (Å²) in [6.07, 6.45) is 9.80. The van der Waals surface area contributed by atoms with Crippen LogP contribution in [0.25, 0.3) is 0 Å². The number of β-amino-alcohol motifs (C(OH)–C–C–N with tert-alkyl or cyclic N) is 1. The molecule has 2 aromatic heterocycles. The van der Waals surface area contributed by atoms with E-state index in [-0.39, 0.29) is 24.5 Å². The number of hydrogen-bond donors (Lipinski definition) is 3. The molecule has 1 fully saturated rings. The maximum absolute atomic E-state index is 12.0. The normalized spacial score (nSPS) is 16.5. The standard InChI is InChI=1S/C25H31ClN8O3S/c1-33(38(2,36)37)23-21(27-8-9-28-23)16-29-22-20(26)15-30-24(32-22)31-19-4-3-17-5-10-34(11-12-35)25(6-7-25)14-18(17)13-19/h3-4,8-9,13,15,35H,5-7,10-12,14,16H2,1-2H3,(H2,29,30,31,32). The van der Waals surface area contributed by atoms with Gasteiger partial charge in [0.25, 0.3) is 0 Å². The SMILES string of the molecule is CN(c1nccnc1CNc1nc(Nc2ccc3c(c2)CC2(CC2)N(CCO)CC3)ncc1Cl)S(C)(=O)=O. The molecule has 13 heteroatoms. The van der Waals surface area contributed by atoms with Crippen LogP contribution in [0.2, 0.25) is 5.02 Å². The third kappa shape index (κ3) is 5.68. The summed E-state index contributed by atoms with van der Waals surface area (Å²) < 4.78 is 25.1. The maximum Gasteiger partial charge on any atom is 0.233 e. The molecule has 0 atom stereocenters. The van der Waals surface area contributed by atoms with Gasteiger partial charge in [-0.2, -0.15) is 4.98 Å². The van der Waals surface area contributed by atoms with Crippen molar-refractivity contribution in [2.45, 2.75) is 37.8 Å². The number of aliphatic hydroxyl groups is 1. The van der Waals surface area contributed by atoms with E-state index >= 15 is 0 Å². The second-order valence-electron chi connectivity index (χ2n) is 9.77. The molecule has 1 aliphatic carbocycles. The quantitative estimate of drug-likeness (QED) is 0.359. The van der Waals surface area contributed by atoms with Crippen molar-refractivity contribution in [2.24, 2.45) is 0 Å². The van der Waals surface area contributed by atoms with Gasteiger partial charge in [-0.15, -0.1) is 0 Å². The van der Waals surface area contributed by atoms with Crippen molar-refractivity contribution < 1.29 is 13.5 Å². The lowest BCUT2D eigenvalue weighted by molar-refractivity contribution is 0.140. The van der Waals surface area contributed by atoms with Gasteiger partial charge in [0.1, 0.15) is 10.7 Å². The molecule has 1 spiro atoms. The van der Waals surface area contributed by atoms with Crippen LogP contribution in [0.3, 0.4) is 0 Å². The van der Waals surface area contributed by atoms with Crippen LogP contribution in [0.15, 0.2) is 36.8 Å². The van der Waals surface area contributed by atoms with Gasteiger partial charge in [0.05, 0.1) is 25.6 Å². The second kappa shape index (κ2) is 10.6. The van der Waals surface area contributed by atoms with E-state index in [1.165, 1.54) is 36.8 Å². The predicted molar refractivity (Wildman–Crippen MR) is 147 cm³/mol. The van der Waals surface area contributed by atoms with Crippen LogP contribution in [-0.2, 0) is 29.4 Å². The van der Waals surface area contributed by atoms with Crippen LogP contribution in [0.4, 0.5) is 23.3 Å². The number of sulfonamides is 1. The Bertz CT molecular complexity index is 1430. The molecule has 5 rings (SSSR count). The molecule has 38 heavy (non-hydrogen) atoms. The van der Waals surface area contributed by atoms with Crippen LogP contribution in [0.5, 0.6) is 0 Å². The Morgan fingerprint density at radius 1 is 1.18 bits per heavy atom. The summed E-state index contributed by atoms with van der Waals surface area (Å²) in [5.41, 5.74) is 4.13. The van der Waals surface area contributed by atoms with Gasteiger partial charge in [-0.1, -0.05) is 17.7 Å². The molecular weight excluding hydrogens is 528 g/mol. The highest BCUT2D eigenvalue weighted by Crippen LogP contribution is 2.46. The topological polar surface area (TPSA) is 136 Å². The molecule has 1 aliphatic heterocycles. The molecule has 3 aromatic rings. The number of hydrogen-bond acceptors (Lipinski definition) is 10. The molecule has 11 nitrogen and oxygen atoms in total. The highest BCUT2D eigenvalue weighted by molar-refractivity contribution is 7.92. The predicted octanol–water partition coefficient (Wildman–Crippen LogP) is 2.60. The number of anilines is 4. The minimum atomic E-state index is -3.50. The first-order valence-electron chi connectivity index (χ1n) is 12.4. The number of benzene rings is 1. The van der Waals surface area contributed by atoms with Crippen molar-refractivity contribution in [3.05, 3.63) is 58.6 Å². The number of rotatable bonds is 9. The molecule has 0 amide bonds. The first-order chi connectivity index (χ1) is 18.2. The second-order valence-corrected chi connectivity index (χ2v) is 12.2. The van der Waals surface area contributed by atoms with E-state index in [0.717, 1.165) is 48.5 Å². The fraction of sp³-hybridized carbons (Fsp3) is 0.440. The van der Waals surface area contributed by atoms with E-state index in [9.17, 15) is 13.5 Å². The molecule has 0 radical (unpaired) electrons. The maximum atomic E-state index is 12.0. The first kappa shape index (κ1) is 26.5. The van der Waals surface area contributed by atoms with Crippen LogP contribution in [0, 0.1) is 0 Å². The molecule has 3 heterocycles. The molecule has 0 saturated heterocycles. The average molecular weight is 559 g/mol. The first-order valence-corrected chi connectivity index (χ1v) is 14.7. The van der Waals surface area contributed by atoms with Gasteiger partial charge < -0.3 is 15.7 Å². The number of halogens is 1. The van der Waals surface area contributed by atoms with Crippen molar-refractivity contribution in [1.29, 1.82) is 0 Å². The number of nitrogens with zero attached hydrogens (tertiary/aromatic N) is 6. The summed E-state index contributed by atoms with van der Waals surface area (Å²) in [5.74, 6) is 0.984. The number of aliphatic hydroxyl groups excluding tert-OH is 1. The van der Waals surface area contributed by atoms with E-state index in [4.69, 9.17) is 11.6 Å². The van der Waals surface area contributed by atoms with Gasteiger partial charge >= 0.3 is 0 Å². The van der Waals surface area contributed by atoms with Crippen molar-refractivity contribution >= 4 is 44.9 Å². The summed E-state index contributed by atoms with van der Waals surface area (Å²) >= 11 is 6.35. The highest BCUT2D eigenvalue weighted by Gasteiger charge is 2.48. The molecule has 0 unspecified atom stereocenters. The van der Waals surface area contributed by atoms with E-state index in [1.807, 2.05) is 6.07 Å². The van der Waals surface area contributed by atoms with Gasteiger partial charge in [0.2, 0.25) is 16.0 Å². The third-order valence-corrected chi connectivity index (χ3v) is 8.66. The lowest BCUT2D eigenvalue weighted by Gasteiger charge is -2.29. The lowest BCUT2D eigenvalue weighted by Crippen LogP contribution is -2.40. The van der Waals surface area contributed by atoms with Crippen molar-refractivity contribution in [3.8, 4) is 0 Å². The Balaban J connectivity index is 1.31. The Kier molecular flexibility index (Phi) is 7.40. The lowest BCUT2D eigenvalue weighted by atomic mass is 9.98. The van der Waals surface area contributed by atoms with Crippen LogP contribution in [-0.4, -0.2) is 76.9 Å². The summed E-state index contributed by atoms with van der Waals surface area (Å²) in [7, 11) is -2.07. The molecule has 1 aromatic carbocycles. The third-order valence-electron chi connectivity index (χ3n) is 7.22. The highest BCUT2D eigenvalue weighted by atomic mass is 35.5. The molecule has 202 valence electrons. The van der Waals surface area contributed by atoms with Crippen molar-refractivity contribution in [2.75, 3.05) is 47.9 Å². The Morgan fingerprint density at radius 3 is 2.71 bits per heavy atom. The Morgan fingerprint density at radius 2 is 1.97 bits per heavy atom. The van der Waals surface area contributed by atoms with E-state index < -0.39 is 10.0 Å². The average Bonchev–Trinajstić information content (AvgIpc) is 3.69. The largest absolute Gasteiger partial charge is 0.395 e. The van der Waals surface area contributed by atoms with Crippen molar-refractivity contribution in [3.63, 3.8) is 0 Å². The fourth-order valence-electron chi connectivity index (χ4n) is 4.93. The molecule has 2 aliphatic rings. The minimum Gasteiger partial charge on any atom is -0.395 e.